The van der Waals surface area contributed by atoms with Gasteiger partial charge in [-0.05, 0) is 11.6 Å². The molecule has 2 aromatic rings. The average molecular weight is 396 g/mol. The van der Waals surface area contributed by atoms with Crippen molar-refractivity contribution in [3.63, 3.8) is 0 Å². The number of rotatable bonds is 5. The number of fused-ring (bicyclic) bond motifs is 1. The summed E-state index contributed by atoms with van der Waals surface area (Å²) < 4.78 is 21.9. The molecule has 2 aromatic heterocycles. The van der Waals surface area contributed by atoms with Crippen LogP contribution in [-0.2, 0) is 20.4 Å². The molecule has 1 unspecified atom stereocenters. The summed E-state index contributed by atoms with van der Waals surface area (Å²) in [6.45, 7) is -0.622. The van der Waals surface area contributed by atoms with Crippen molar-refractivity contribution >= 4 is 36.4 Å². The Morgan fingerprint density at radius 1 is 1.32 bits per heavy atom. The molecule has 0 saturated carbocycles. The molecule has 1 aliphatic rings. The zero-order valence-electron chi connectivity index (χ0n) is 12.5. The minimum atomic E-state index is -4.73. The Morgan fingerprint density at radius 3 is 2.68 bits per heavy atom. The maximum atomic E-state index is 10.8. The van der Waals surface area contributed by atoms with Gasteiger partial charge < -0.3 is 30.5 Å². The SMILES string of the molecule is Nc1ncnc2c1nc(Cl)n2C[C@@H]1O[C@H](COP(=O)(O)O)[C@@H](O)C1O. The summed E-state index contributed by atoms with van der Waals surface area (Å²) in [5.41, 5.74) is 6.30. The number of aliphatic hydroxyl groups excluding tert-OH is 2. The number of anilines is 1. The van der Waals surface area contributed by atoms with E-state index in [1.54, 1.807) is 0 Å². The minimum absolute atomic E-state index is 0.0300. The number of nitrogens with zero attached hydrogens (tertiary/aromatic N) is 4. The van der Waals surface area contributed by atoms with Gasteiger partial charge in [0.25, 0.3) is 0 Å². The molecule has 4 atom stereocenters. The number of phosphoric ester groups is 1. The Labute approximate surface area is 145 Å². The van der Waals surface area contributed by atoms with Gasteiger partial charge in [-0.25, -0.2) is 19.5 Å². The number of ether oxygens (including phenoxy) is 1. The van der Waals surface area contributed by atoms with Gasteiger partial charge in [-0.15, -0.1) is 0 Å². The highest BCUT2D eigenvalue weighted by Gasteiger charge is 2.44. The molecule has 1 saturated heterocycles. The second kappa shape index (κ2) is 6.74. The number of hydrogen-bond acceptors (Lipinski definition) is 9. The van der Waals surface area contributed by atoms with Gasteiger partial charge in [0.15, 0.2) is 17.0 Å². The summed E-state index contributed by atoms with van der Waals surface area (Å²) in [4.78, 5) is 29.3. The molecule has 6 N–H and O–H groups in total. The maximum absolute atomic E-state index is 10.8. The first-order valence-electron chi connectivity index (χ1n) is 7.01. The van der Waals surface area contributed by atoms with Crippen LogP contribution in [0.5, 0.6) is 0 Å². The number of halogens is 1. The molecule has 0 aliphatic carbocycles. The first-order chi connectivity index (χ1) is 11.7. The van der Waals surface area contributed by atoms with Crippen molar-refractivity contribution in [2.75, 3.05) is 12.3 Å². The Morgan fingerprint density at radius 2 is 2.00 bits per heavy atom. The lowest BCUT2D eigenvalue weighted by atomic mass is 10.1. The number of aromatic nitrogens is 4. The van der Waals surface area contributed by atoms with E-state index in [0.29, 0.717) is 5.65 Å². The fourth-order valence-electron chi connectivity index (χ4n) is 2.55. The third kappa shape index (κ3) is 3.76. The zero-order valence-corrected chi connectivity index (χ0v) is 14.2. The van der Waals surface area contributed by atoms with E-state index in [1.165, 1.54) is 10.9 Å². The molecule has 0 aromatic carbocycles. The summed E-state index contributed by atoms with van der Waals surface area (Å²) in [6.07, 6.45) is -3.57. The summed E-state index contributed by atoms with van der Waals surface area (Å²) in [5, 5.41) is 20.1. The van der Waals surface area contributed by atoms with Crippen LogP contribution in [0.15, 0.2) is 6.33 Å². The van der Waals surface area contributed by atoms with Crippen molar-refractivity contribution in [1.82, 2.24) is 19.5 Å². The van der Waals surface area contributed by atoms with E-state index in [1.807, 2.05) is 0 Å². The van der Waals surface area contributed by atoms with E-state index in [0.717, 1.165) is 0 Å². The van der Waals surface area contributed by atoms with Crippen LogP contribution in [0.3, 0.4) is 0 Å². The number of nitrogen functional groups attached to an aromatic ring is 1. The van der Waals surface area contributed by atoms with Crippen LogP contribution in [-0.4, -0.2) is 70.5 Å². The monoisotopic (exact) mass is 395 g/mol. The van der Waals surface area contributed by atoms with Gasteiger partial charge in [0.05, 0.1) is 13.2 Å². The van der Waals surface area contributed by atoms with Crippen LogP contribution in [0.2, 0.25) is 5.28 Å². The summed E-state index contributed by atoms with van der Waals surface area (Å²) in [6, 6.07) is 0. The third-order valence-electron chi connectivity index (χ3n) is 3.74. The van der Waals surface area contributed by atoms with Crippen LogP contribution in [0.4, 0.5) is 5.82 Å². The third-order valence-corrected chi connectivity index (χ3v) is 4.52. The summed E-state index contributed by atoms with van der Waals surface area (Å²) in [7, 11) is -4.73. The van der Waals surface area contributed by atoms with Crippen molar-refractivity contribution in [1.29, 1.82) is 0 Å². The second-order valence-corrected chi connectivity index (χ2v) is 6.98. The maximum Gasteiger partial charge on any atom is 0.469 e. The fourth-order valence-corrected chi connectivity index (χ4v) is 3.13. The number of imidazole rings is 1. The van der Waals surface area contributed by atoms with E-state index in [-0.39, 0.29) is 23.2 Å². The predicted octanol–water partition coefficient (Wildman–Crippen LogP) is -1.34. The first-order valence-corrected chi connectivity index (χ1v) is 8.92. The molecule has 1 aliphatic heterocycles. The lowest BCUT2D eigenvalue weighted by molar-refractivity contribution is -0.0257. The van der Waals surface area contributed by atoms with Crippen molar-refractivity contribution in [3.05, 3.63) is 11.6 Å². The van der Waals surface area contributed by atoms with E-state index >= 15 is 0 Å². The molecule has 0 radical (unpaired) electrons. The Bertz CT molecular complexity index is 828. The predicted molar refractivity (Wildman–Crippen MR) is 83.4 cm³/mol. The van der Waals surface area contributed by atoms with Gasteiger partial charge in [0, 0.05) is 0 Å². The smallest absolute Gasteiger partial charge is 0.388 e. The Balaban J connectivity index is 1.78. The highest BCUT2D eigenvalue weighted by Crippen LogP contribution is 2.37. The van der Waals surface area contributed by atoms with Crippen LogP contribution < -0.4 is 5.73 Å². The van der Waals surface area contributed by atoms with Crippen molar-refractivity contribution in [2.24, 2.45) is 0 Å². The van der Waals surface area contributed by atoms with E-state index in [2.05, 4.69) is 19.5 Å². The molecule has 0 spiro atoms. The Kier molecular flexibility index (Phi) is 4.97. The minimum Gasteiger partial charge on any atom is -0.388 e. The molecule has 3 heterocycles. The van der Waals surface area contributed by atoms with Crippen LogP contribution in [0.25, 0.3) is 11.2 Å². The largest absolute Gasteiger partial charge is 0.469 e. The fraction of sp³-hybridized carbons (Fsp3) is 0.545. The molecular weight excluding hydrogens is 381 g/mol. The Hall–Kier alpha value is -1.37. The normalized spacial score (nSPS) is 27.2. The highest BCUT2D eigenvalue weighted by atomic mass is 35.5. The number of phosphoric acid groups is 1. The standard InChI is InChI=1S/C11H15ClN5O7P/c12-11-16-6-9(13)14-3-15-10(6)17(11)1-4-7(18)8(19)5(24-4)2-23-25(20,21)22/h3-5,7-8,18-19H,1-2H2,(H2,13,14,15)(H2,20,21,22)/t4-,5+,7?,8+/m0/s1. The number of nitrogens with two attached hydrogens (primary N) is 1. The van der Waals surface area contributed by atoms with Crippen LogP contribution >= 0.6 is 19.4 Å². The lowest BCUT2D eigenvalue weighted by Crippen LogP contribution is -2.35. The van der Waals surface area contributed by atoms with Gasteiger partial charge in [0.1, 0.15) is 30.7 Å². The van der Waals surface area contributed by atoms with E-state index < -0.39 is 38.8 Å². The highest BCUT2D eigenvalue weighted by molar-refractivity contribution is 7.46. The van der Waals surface area contributed by atoms with Gasteiger partial charge in [0.2, 0.25) is 5.28 Å². The molecular formula is C11H15ClN5O7P. The molecule has 14 heteroatoms. The van der Waals surface area contributed by atoms with Crippen LogP contribution in [0, 0.1) is 0 Å². The van der Waals surface area contributed by atoms with Crippen molar-refractivity contribution < 1.29 is 33.8 Å². The van der Waals surface area contributed by atoms with Gasteiger partial charge in [-0.2, -0.15) is 0 Å². The van der Waals surface area contributed by atoms with Crippen LogP contribution in [0.1, 0.15) is 0 Å². The van der Waals surface area contributed by atoms with Crippen molar-refractivity contribution in [3.8, 4) is 0 Å². The molecule has 1 fully saturated rings. The molecule has 138 valence electrons. The van der Waals surface area contributed by atoms with Gasteiger partial charge in [-0.1, -0.05) is 0 Å². The van der Waals surface area contributed by atoms with E-state index in [9.17, 15) is 14.8 Å². The molecule has 3 rings (SSSR count). The van der Waals surface area contributed by atoms with Crippen molar-refractivity contribution in [2.45, 2.75) is 31.0 Å². The molecule has 25 heavy (non-hydrogen) atoms. The number of hydrogen-bond donors (Lipinski definition) is 5. The number of aliphatic hydroxyl groups is 2. The molecule has 0 bridgehead atoms. The van der Waals surface area contributed by atoms with E-state index in [4.69, 9.17) is 31.9 Å². The topological polar surface area (TPSA) is 186 Å². The van der Waals surface area contributed by atoms with Gasteiger partial charge in [-0.3, -0.25) is 9.09 Å². The molecule has 12 nitrogen and oxygen atoms in total. The average Bonchev–Trinajstić information content (AvgIpc) is 2.98. The quantitative estimate of drug-likeness (QED) is 0.298. The second-order valence-electron chi connectivity index (χ2n) is 5.40. The first kappa shape index (κ1) is 18.4. The lowest BCUT2D eigenvalue weighted by Gasteiger charge is -2.16. The summed E-state index contributed by atoms with van der Waals surface area (Å²) in [5.74, 6) is 0.131. The summed E-state index contributed by atoms with van der Waals surface area (Å²) >= 11 is 6.06. The molecule has 0 amide bonds. The van der Waals surface area contributed by atoms with Gasteiger partial charge >= 0.3 is 7.82 Å². The zero-order chi connectivity index (χ0) is 18.4.